The first kappa shape index (κ1) is 12.8. The highest BCUT2D eigenvalue weighted by Gasteiger charge is 2.30. The molecule has 0 aliphatic carbocycles. The van der Waals surface area contributed by atoms with Crippen molar-refractivity contribution in [3.05, 3.63) is 29.3 Å². The van der Waals surface area contributed by atoms with Crippen LogP contribution < -0.4 is 5.32 Å². The average molecular weight is 251 g/mol. The highest BCUT2D eigenvalue weighted by molar-refractivity contribution is 7.85. The van der Waals surface area contributed by atoms with E-state index in [2.05, 4.69) is 45.1 Å². The van der Waals surface area contributed by atoms with Gasteiger partial charge in [-0.2, -0.15) is 0 Å². The summed E-state index contributed by atoms with van der Waals surface area (Å²) < 4.78 is 12.2. The van der Waals surface area contributed by atoms with Gasteiger partial charge in [-0.25, -0.2) is 0 Å². The van der Waals surface area contributed by atoms with E-state index in [0.29, 0.717) is 12.1 Å². The van der Waals surface area contributed by atoms with E-state index in [0.717, 1.165) is 11.3 Å². The second kappa shape index (κ2) is 4.91. The molecule has 2 rings (SSSR count). The van der Waals surface area contributed by atoms with E-state index in [-0.39, 0.29) is 5.25 Å². The summed E-state index contributed by atoms with van der Waals surface area (Å²) >= 11 is 0. The molecule has 0 radical (unpaired) electrons. The van der Waals surface area contributed by atoms with Crippen molar-refractivity contribution in [3.63, 3.8) is 0 Å². The Kier molecular flexibility index (Phi) is 3.69. The fourth-order valence-corrected chi connectivity index (χ4v) is 3.88. The molecule has 1 N–H and O–H groups in total. The fourth-order valence-electron chi connectivity index (χ4n) is 2.45. The van der Waals surface area contributed by atoms with Gasteiger partial charge in [0.25, 0.3) is 0 Å². The molecule has 1 aromatic carbocycles. The first-order chi connectivity index (χ1) is 7.99. The first-order valence-electron chi connectivity index (χ1n) is 6.26. The van der Waals surface area contributed by atoms with Gasteiger partial charge in [0.15, 0.2) is 0 Å². The lowest BCUT2D eigenvalue weighted by molar-refractivity contribution is 0.436. The summed E-state index contributed by atoms with van der Waals surface area (Å²) in [6.07, 6.45) is 0.960. The molecule has 0 amide bonds. The molecular formula is C14H21NOS. The quantitative estimate of drug-likeness (QED) is 0.875. The molecule has 1 aliphatic rings. The Morgan fingerprint density at radius 1 is 1.41 bits per heavy atom. The first-order valence-corrected chi connectivity index (χ1v) is 7.47. The molecule has 3 heteroatoms. The van der Waals surface area contributed by atoms with Crippen molar-refractivity contribution in [2.75, 3.05) is 0 Å². The van der Waals surface area contributed by atoms with Gasteiger partial charge in [0.1, 0.15) is 0 Å². The molecular weight excluding hydrogens is 230 g/mol. The number of benzene rings is 1. The van der Waals surface area contributed by atoms with Gasteiger partial charge in [0, 0.05) is 22.2 Å². The average Bonchev–Trinajstić information content (AvgIpc) is 2.25. The van der Waals surface area contributed by atoms with Crippen LogP contribution in [0, 0.1) is 6.92 Å². The highest BCUT2D eigenvalue weighted by Crippen LogP contribution is 2.34. The third-order valence-electron chi connectivity index (χ3n) is 3.23. The predicted molar refractivity (Wildman–Crippen MR) is 72.7 cm³/mol. The molecule has 0 spiro atoms. The number of hydrogen-bond acceptors (Lipinski definition) is 2. The molecule has 3 unspecified atom stereocenters. The molecule has 0 aromatic heterocycles. The van der Waals surface area contributed by atoms with E-state index < -0.39 is 10.8 Å². The van der Waals surface area contributed by atoms with Gasteiger partial charge in [-0.3, -0.25) is 4.21 Å². The zero-order valence-corrected chi connectivity index (χ0v) is 11.8. The van der Waals surface area contributed by atoms with E-state index in [1.54, 1.807) is 0 Å². The Morgan fingerprint density at radius 2 is 2.12 bits per heavy atom. The second-order valence-electron chi connectivity index (χ2n) is 5.26. The van der Waals surface area contributed by atoms with Gasteiger partial charge >= 0.3 is 0 Å². The Labute approximate surface area is 106 Å². The lowest BCUT2D eigenvalue weighted by Gasteiger charge is -2.31. The van der Waals surface area contributed by atoms with Crippen molar-refractivity contribution in [2.45, 2.75) is 56.3 Å². The summed E-state index contributed by atoms with van der Waals surface area (Å²) in [7, 11) is -0.844. The minimum absolute atomic E-state index is 0.237. The normalized spacial score (nSPS) is 28.2. The van der Waals surface area contributed by atoms with Crippen molar-refractivity contribution < 1.29 is 4.21 Å². The number of nitrogens with one attached hydrogen (secondary N) is 1. The van der Waals surface area contributed by atoms with E-state index in [9.17, 15) is 4.21 Å². The van der Waals surface area contributed by atoms with Crippen LogP contribution in [0.4, 0.5) is 0 Å². The van der Waals surface area contributed by atoms with Crippen molar-refractivity contribution in [1.82, 2.24) is 5.32 Å². The Hall–Kier alpha value is -0.670. The van der Waals surface area contributed by atoms with Crippen molar-refractivity contribution >= 4 is 10.8 Å². The summed E-state index contributed by atoms with van der Waals surface area (Å²) in [5, 5.41) is 3.82. The molecule has 1 heterocycles. The molecule has 1 aromatic rings. The topological polar surface area (TPSA) is 29.1 Å². The molecule has 3 atom stereocenters. The molecule has 0 saturated heterocycles. The van der Waals surface area contributed by atoms with Gasteiger partial charge in [0.2, 0.25) is 0 Å². The van der Waals surface area contributed by atoms with E-state index in [4.69, 9.17) is 0 Å². The monoisotopic (exact) mass is 251 g/mol. The molecule has 0 saturated carbocycles. The molecule has 94 valence electrons. The van der Waals surface area contributed by atoms with Crippen LogP contribution in [0.3, 0.4) is 0 Å². The van der Waals surface area contributed by atoms with Gasteiger partial charge in [-0.1, -0.05) is 38.5 Å². The Balaban J connectivity index is 2.42. The summed E-state index contributed by atoms with van der Waals surface area (Å²) in [5.41, 5.74) is 2.47. The van der Waals surface area contributed by atoms with Crippen LogP contribution in [-0.4, -0.2) is 15.5 Å². The molecule has 0 bridgehead atoms. The van der Waals surface area contributed by atoms with Gasteiger partial charge in [-0.05, 0) is 25.0 Å². The molecule has 1 aliphatic heterocycles. The summed E-state index contributed by atoms with van der Waals surface area (Å²) in [5.74, 6) is 0. The number of fused-ring (bicyclic) bond motifs is 1. The summed E-state index contributed by atoms with van der Waals surface area (Å²) in [6.45, 7) is 8.49. The number of aryl methyl sites for hydroxylation is 1. The maximum Gasteiger partial charge on any atom is 0.0562 e. The van der Waals surface area contributed by atoms with Crippen LogP contribution >= 0.6 is 0 Å². The van der Waals surface area contributed by atoms with Crippen LogP contribution in [0.5, 0.6) is 0 Å². The Morgan fingerprint density at radius 3 is 2.76 bits per heavy atom. The zero-order valence-electron chi connectivity index (χ0n) is 11.0. The summed E-state index contributed by atoms with van der Waals surface area (Å²) in [4.78, 5) is 1.02. The minimum atomic E-state index is -0.844. The maximum atomic E-state index is 12.2. The van der Waals surface area contributed by atoms with Crippen LogP contribution in [0.1, 0.15) is 44.4 Å². The van der Waals surface area contributed by atoms with Crippen LogP contribution in [0.2, 0.25) is 0 Å². The molecule has 17 heavy (non-hydrogen) atoms. The van der Waals surface area contributed by atoms with Crippen molar-refractivity contribution in [2.24, 2.45) is 0 Å². The fraction of sp³-hybridized carbons (Fsp3) is 0.571. The third kappa shape index (κ3) is 2.61. The summed E-state index contributed by atoms with van der Waals surface area (Å²) in [6, 6.07) is 7.07. The predicted octanol–water partition coefficient (Wildman–Crippen LogP) is 2.93. The minimum Gasteiger partial charge on any atom is -0.308 e. The SMILES string of the molecule is Cc1ccc2c(c1)C(NC(C)C)CC(C)S2=O. The zero-order chi connectivity index (χ0) is 12.6. The van der Waals surface area contributed by atoms with Gasteiger partial charge in [-0.15, -0.1) is 0 Å². The number of hydrogen-bond donors (Lipinski definition) is 1. The largest absolute Gasteiger partial charge is 0.308 e. The standard InChI is InChI=1S/C14H21NOS/c1-9(2)15-13-8-11(4)17(16)14-6-5-10(3)7-12(13)14/h5-7,9,11,13,15H,8H2,1-4H3. The number of rotatable bonds is 2. The second-order valence-corrected chi connectivity index (χ2v) is 7.10. The van der Waals surface area contributed by atoms with Gasteiger partial charge in [0.05, 0.1) is 10.8 Å². The van der Waals surface area contributed by atoms with E-state index in [1.807, 2.05) is 6.07 Å². The van der Waals surface area contributed by atoms with Crippen LogP contribution in [-0.2, 0) is 10.8 Å². The lowest BCUT2D eigenvalue weighted by atomic mass is 9.99. The van der Waals surface area contributed by atoms with Crippen LogP contribution in [0.25, 0.3) is 0 Å². The molecule has 0 fully saturated rings. The Bertz CT molecular complexity index is 442. The molecule has 2 nitrogen and oxygen atoms in total. The highest BCUT2D eigenvalue weighted by atomic mass is 32.2. The van der Waals surface area contributed by atoms with E-state index >= 15 is 0 Å². The van der Waals surface area contributed by atoms with Crippen molar-refractivity contribution in [1.29, 1.82) is 0 Å². The lowest BCUT2D eigenvalue weighted by Crippen LogP contribution is -2.35. The van der Waals surface area contributed by atoms with Crippen molar-refractivity contribution in [3.8, 4) is 0 Å². The smallest absolute Gasteiger partial charge is 0.0562 e. The third-order valence-corrected chi connectivity index (χ3v) is 4.95. The van der Waals surface area contributed by atoms with E-state index in [1.165, 1.54) is 11.1 Å². The van der Waals surface area contributed by atoms with Gasteiger partial charge < -0.3 is 5.32 Å². The van der Waals surface area contributed by atoms with Crippen LogP contribution in [0.15, 0.2) is 23.1 Å². The maximum absolute atomic E-state index is 12.2.